The van der Waals surface area contributed by atoms with Crippen molar-refractivity contribution in [3.05, 3.63) is 52.1 Å². The highest BCUT2D eigenvalue weighted by atomic mass is 32.1. The molecule has 2 N–H and O–H groups in total. The normalized spacial score (nSPS) is 17.8. The minimum atomic E-state index is -3.09. The Morgan fingerprint density at radius 3 is 2.66 bits per heavy atom. The van der Waals surface area contributed by atoms with Gasteiger partial charge in [-0.05, 0) is 38.0 Å². The number of carboxylic acids is 1. The molecule has 0 bridgehead atoms. The predicted molar refractivity (Wildman–Crippen MR) is 120 cm³/mol. The lowest BCUT2D eigenvalue weighted by atomic mass is 10.0. The van der Waals surface area contributed by atoms with E-state index < -0.39 is 18.0 Å². The SMILES string of the molecule is C[C@@H]1NCCn2cc(-c3ccc4c(=O)c(C(=O)O)cn(C5CC5)c4c3OC(F)F)cc21.S. The van der Waals surface area contributed by atoms with E-state index >= 15 is 0 Å². The van der Waals surface area contributed by atoms with Crippen molar-refractivity contribution in [3.63, 3.8) is 0 Å². The maximum Gasteiger partial charge on any atom is 0.387 e. The van der Waals surface area contributed by atoms with Crippen molar-refractivity contribution < 1.29 is 23.4 Å². The van der Waals surface area contributed by atoms with Crippen molar-refractivity contribution in [2.45, 2.75) is 45.0 Å². The highest BCUT2D eigenvalue weighted by Crippen LogP contribution is 2.43. The molecule has 1 aromatic carbocycles. The van der Waals surface area contributed by atoms with Crippen LogP contribution in [0.3, 0.4) is 0 Å². The van der Waals surface area contributed by atoms with Gasteiger partial charge in [0, 0.05) is 54.4 Å². The second-order valence-corrected chi connectivity index (χ2v) is 8.06. The number of carbonyl (C=O) groups is 1. The molecule has 32 heavy (non-hydrogen) atoms. The van der Waals surface area contributed by atoms with Crippen LogP contribution in [0.25, 0.3) is 22.0 Å². The molecule has 3 aromatic rings. The first-order valence-corrected chi connectivity index (χ1v) is 10.2. The number of hydrogen-bond acceptors (Lipinski definition) is 4. The molecule has 2 aliphatic rings. The smallest absolute Gasteiger partial charge is 0.387 e. The molecule has 7 nitrogen and oxygen atoms in total. The second-order valence-electron chi connectivity index (χ2n) is 8.06. The Morgan fingerprint density at radius 1 is 1.28 bits per heavy atom. The molecule has 0 spiro atoms. The average Bonchev–Trinajstić information content (AvgIpc) is 3.46. The van der Waals surface area contributed by atoms with Crippen LogP contribution >= 0.6 is 13.5 Å². The van der Waals surface area contributed by atoms with E-state index in [0.29, 0.717) is 11.1 Å². The van der Waals surface area contributed by atoms with Gasteiger partial charge in [0.1, 0.15) is 5.56 Å². The van der Waals surface area contributed by atoms with Crippen LogP contribution in [0.15, 0.2) is 35.4 Å². The number of aromatic carboxylic acids is 1. The number of nitrogens with zero attached hydrogens (tertiary/aromatic N) is 2. The van der Waals surface area contributed by atoms with Gasteiger partial charge in [-0.3, -0.25) is 4.79 Å². The molecule has 10 heteroatoms. The van der Waals surface area contributed by atoms with Gasteiger partial charge in [-0.2, -0.15) is 22.3 Å². The summed E-state index contributed by atoms with van der Waals surface area (Å²) in [5, 5.41) is 12.9. The first-order valence-electron chi connectivity index (χ1n) is 10.2. The molecule has 5 rings (SSSR count). The zero-order valence-corrected chi connectivity index (χ0v) is 18.3. The molecule has 1 saturated carbocycles. The zero-order valence-electron chi connectivity index (χ0n) is 17.3. The molecule has 170 valence electrons. The van der Waals surface area contributed by atoms with E-state index in [1.807, 2.05) is 19.2 Å². The highest BCUT2D eigenvalue weighted by molar-refractivity contribution is 7.59. The first-order chi connectivity index (χ1) is 14.8. The molecule has 1 atom stereocenters. The Bertz CT molecular complexity index is 1270. The fourth-order valence-electron chi connectivity index (χ4n) is 4.39. The third-order valence-corrected chi connectivity index (χ3v) is 6.01. The number of rotatable bonds is 5. The molecular formula is C22H23F2N3O4S. The Hall–Kier alpha value is -2.85. The largest absolute Gasteiger partial charge is 0.477 e. The van der Waals surface area contributed by atoms with Crippen molar-refractivity contribution in [3.8, 4) is 16.9 Å². The number of hydrogen-bond donors (Lipinski definition) is 2. The Balaban J connectivity index is 0.00000245. The van der Waals surface area contributed by atoms with Crippen LogP contribution in [0.1, 0.15) is 47.9 Å². The number of aromatic nitrogens is 2. The summed E-state index contributed by atoms with van der Waals surface area (Å²) in [5.74, 6) is -1.44. The molecule has 1 aliphatic carbocycles. The lowest BCUT2D eigenvalue weighted by Crippen LogP contribution is -2.30. The molecule has 0 unspecified atom stereocenters. The van der Waals surface area contributed by atoms with Crippen LogP contribution in [0.4, 0.5) is 8.78 Å². The van der Waals surface area contributed by atoms with E-state index in [0.717, 1.165) is 31.6 Å². The molecule has 1 aliphatic heterocycles. The Morgan fingerprint density at radius 2 is 2.03 bits per heavy atom. The van der Waals surface area contributed by atoms with E-state index in [9.17, 15) is 23.5 Å². The van der Waals surface area contributed by atoms with Gasteiger partial charge < -0.3 is 24.3 Å². The van der Waals surface area contributed by atoms with Crippen molar-refractivity contribution in [2.75, 3.05) is 6.54 Å². The van der Waals surface area contributed by atoms with E-state index in [4.69, 9.17) is 4.74 Å². The second kappa shape index (κ2) is 8.25. The van der Waals surface area contributed by atoms with Gasteiger partial charge >= 0.3 is 12.6 Å². The number of fused-ring (bicyclic) bond motifs is 2. The summed E-state index contributed by atoms with van der Waals surface area (Å²) in [5.41, 5.74) is 1.31. The van der Waals surface area contributed by atoms with Gasteiger partial charge in [0.25, 0.3) is 0 Å². The van der Waals surface area contributed by atoms with Crippen molar-refractivity contribution >= 4 is 30.4 Å². The van der Waals surface area contributed by atoms with Crippen LogP contribution in [0.5, 0.6) is 5.75 Å². The molecular weight excluding hydrogens is 440 g/mol. The fourth-order valence-corrected chi connectivity index (χ4v) is 4.39. The maximum absolute atomic E-state index is 13.5. The summed E-state index contributed by atoms with van der Waals surface area (Å²) in [6.07, 6.45) is 4.71. The molecule has 0 amide bonds. The third-order valence-electron chi connectivity index (χ3n) is 6.01. The van der Waals surface area contributed by atoms with Gasteiger partial charge in [-0.1, -0.05) is 0 Å². The van der Waals surface area contributed by atoms with E-state index in [1.54, 1.807) is 10.6 Å². The summed E-state index contributed by atoms with van der Waals surface area (Å²) < 4.78 is 35.6. The zero-order chi connectivity index (χ0) is 21.9. The molecule has 0 radical (unpaired) electrons. The molecule has 0 saturated heterocycles. The minimum absolute atomic E-state index is 0. The number of benzene rings is 1. The minimum Gasteiger partial charge on any atom is -0.477 e. The summed E-state index contributed by atoms with van der Waals surface area (Å²) in [6.45, 7) is 0.500. The number of nitrogens with one attached hydrogen (secondary N) is 1. The van der Waals surface area contributed by atoms with Crippen molar-refractivity contribution in [1.29, 1.82) is 0 Å². The summed E-state index contributed by atoms with van der Waals surface area (Å²) >= 11 is 0. The molecule has 3 heterocycles. The quantitative estimate of drug-likeness (QED) is 0.600. The van der Waals surface area contributed by atoms with Gasteiger partial charge in [0.2, 0.25) is 5.43 Å². The number of pyridine rings is 1. The standard InChI is InChI=1S/C22H21F2N3O4.H2S/c1-11-17-8-12(9-26(17)7-6-25-11)14-4-5-15-18(20(14)31-22(23)24)27(13-2-3-13)10-16(19(15)28)21(29)30;/h4-5,8-11,13,22,25H,2-3,6-7H2,1H3,(H,29,30);1H2/t11-;/m0./s1. The lowest BCUT2D eigenvalue weighted by molar-refractivity contribution is -0.0486. The number of ether oxygens (including phenoxy) is 1. The Labute approximate surface area is 189 Å². The van der Waals surface area contributed by atoms with Crippen LogP contribution in [-0.4, -0.2) is 33.4 Å². The summed E-state index contributed by atoms with van der Waals surface area (Å²) in [7, 11) is 0. The third kappa shape index (κ3) is 3.67. The number of halogens is 2. The summed E-state index contributed by atoms with van der Waals surface area (Å²) in [6, 6.07) is 5.06. The number of alkyl halides is 2. The average molecular weight is 464 g/mol. The van der Waals surface area contributed by atoms with Crippen molar-refractivity contribution in [2.24, 2.45) is 0 Å². The van der Waals surface area contributed by atoms with Gasteiger partial charge in [-0.15, -0.1) is 0 Å². The summed E-state index contributed by atoms with van der Waals surface area (Å²) in [4.78, 5) is 24.4. The van der Waals surface area contributed by atoms with E-state index in [-0.39, 0.29) is 47.8 Å². The van der Waals surface area contributed by atoms with Gasteiger partial charge in [0.15, 0.2) is 5.75 Å². The monoisotopic (exact) mass is 463 g/mol. The van der Waals surface area contributed by atoms with Crippen molar-refractivity contribution in [1.82, 2.24) is 14.5 Å². The van der Waals surface area contributed by atoms with Crippen LogP contribution < -0.4 is 15.5 Å². The van der Waals surface area contributed by atoms with Gasteiger partial charge in [-0.25, -0.2) is 4.79 Å². The van der Waals surface area contributed by atoms with Crippen LogP contribution in [0.2, 0.25) is 0 Å². The lowest BCUT2D eigenvalue weighted by Gasteiger charge is -2.22. The van der Waals surface area contributed by atoms with Gasteiger partial charge in [0.05, 0.1) is 10.9 Å². The maximum atomic E-state index is 13.5. The fraction of sp³-hybridized carbons (Fsp3) is 0.364. The predicted octanol–water partition coefficient (Wildman–Crippen LogP) is 3.88. The van der Waals surface area contributed by atoms with Crippen LogP contribution in [-0.2, 0) is 6.54 Å². The first kappa shape index (κ1) is 22.3. The highest BCUT2D eigenvalue weighted by Gasteiger charge is 2.30. The molecule has 1 fully saturated rings. The van der Waals surface area contributed by atoms with E-state index in [2.05, 4.69) is 9.88 Å². The molecule has 2 aromatic heterocycles. The topological polar surface area (TPSA) is 85.5 Å². The van der Waals surface area contributed by atoms with E-state index in [1.165, 1.54) is 12.3 Å². The van der Waals surface area contributed by atoms with Crippen LogP contribution in [0, 0.1) is 0 Å². The number of carboxylic acid groups (broad SMARTS) is 1. The Kier molecular flexibility index (Phi) is 5.76.